The average molecular weight is 639 g/mol. The van der Waals surface area contributed by atoms with E-state index in [9.17, 15) is 0 Å². The maximum absolute atomic E-state index is 6.88. The minimum Gasteiger partial charge on any atom is -0.457 e. The van der Waals surface area contributed by atoms with Gasteiger partial charge in [0.25, 0.3) is 0 Å². The minimum absolute atomic E-state index is 0.400. The monoisotopic (exact) mass is 638 g/mol. The highest BCUT2D eigenvalue weighted by atomic mass is 16.5. The Morgan fingerprint density at radius 2 is 0.840 bits per heavy atom. The predicted molar refractivity (Wildman–Crippen MR) is 209 cm³/mol. The van der Waals surface area contributed by atoms with Crippen molar-refractivity contribution < 1.29 is 4.74 Å². The smallest absolute Gasteiger partial charge is 0.132 e. The van der Waals surface area contributed by atoms with Crippen molar-refractivity contribution >= 4 is 43.1 Å². The second-order valence-corrected chi connectivity index (χ2v) is 13.7. The van der Waals surface area contributed by atoms with Gasteiger partial charge in [-0.2, -0.15) is 0 Å². The lowest BCUT2D eigenvalue weighted by Gasteiger charge is -2.42. The summed E-state index contributed by atoms with van der Waals surface area (Å²) in [5.74, 6) is 1.89. The van der Waals surface area contributed by atoms with Crippen molar-refractivity contribution in [3.8, 4) is 22.6 Å². The molecule has 1 aliphatic rings. The van der Waals surface area contributed by atoms with Gasteiger partial charge in [0.15, 0.2) is 0 Å². The Morgan fingerprint density at radius 1 is 0.360 bits per heavy atom. The van der Waals surface area contributed by atoms with Gasteiger partial charge >= 0.3 is 0 Å². The van der Waals surface area contributed by atoms with Crippen molar-refractivity contribution in [3.05, 3.63) is 204 Å². The largest absolute Gasteiger partial charge is 0.457 e. The summed E-state index contributed by atoms with van der Waals surface area (Å²) in [6, 6.07) is 66.6. The van der Waals surface area contributed by atoms with Gasteiger partial charge in [-0.15, -0.1) is 0 Å². The molecule has 0 bridgehead atoms. The Balaban J connectivity index is 1.21. The molecule has 0 radical (unpaired) electrons. The Bertz CT molecular complexity index is 2640. The number of ether oxygens (including phenoxy) is 1. The SMILES string of the molecule is c1ccc(CC2(Cc3ccc(-c4cc5ccccc5c5ccccc45)cc3)c3c(ccc4ccccc34)Oc3ccc4ccccc4c32)cc1. The number of benzene rings is 9. The third kappa shape index (κ3) is 4.55. The van der Waals surface area contributed by atoms with Gasteiger partial charge in [-0.1, -0.05) is 164 Å². The molecule has 0 spiro atoms. The first-order valence-electron chi connectivity index (χ1n) is 17.5. The molecule has 1 heteroatoms. The maximum Gasteiger partial charge on any atom is 0.132 e. The van der Waals surface area contributed by atoms with Gasteiger partial charge < -0.3 is 4.74 Å². The average Bonchev–Trinajstić information content (AvgIpc) is 3.18. The third-order valence-electron chi connectivity index (χ3n) is 10.8. The summed E-state index contributed by atoms with van der Waals surface area (Å²) in [6.07, 6.45) is 1.67. The van der Waals surface area contributed by atoms with Crippen LogP contribution in [0.25, 0.3) is 54.2 Å². The second-order valence-electron chi connectivity index (χ2n) is 13.7. The molecule has 0 N–H and O–H groups in total. The van der Waals surface area contributed by atoms with E-state index in [1.165, 1.54) is 76.5 Å². The lowest BCUT2D eigenvalue weighted by Crippen LogP contribution is -2.37. The molecule has 0 unspecified atom stereocenters. The molecule has 50 heavy (non-hydrogen) atoms. The molecule has 0 saturated heterocycles. The second kappa shape index (κ2) is 11.5. The molecule has 9 aromatic rings. The molecule has 1 heterocycles. The van der Waals surface area contributed by atoms with Gasteiger partial charge in [-0.05, 0) is 96.4 Å². The molecule has 0 atom stereocenters. The van der Waals surface area contributed by atoms with E-state index in [1.807, 2.05) is 0 Å². The van der Waals surface area contributed by atoms with Crippen molar-refractivity contribution in [2.75, 3.05) is 0 Å². The quantitative estimate of drug-likeness (QED) is 0.170. The van der Waals surface area contributed by atoms with Gasteiger partial charge in [0, 0.05) is 16.5 Å². The molecule has 0 amide bonds. The van der Waals surface area contributed by atoms with E-state index in [-0.39, 0.29) is 0 Å². The molecule has 1 aliphatic heterocycles. The summed E-state index contributed by atoms with van der Waals surface area (Å²) in [4.78, 5) is 0. The third-order valence-corrected chi connectivity index (χ3v) is 10.8. The number of hydrogen-bond donors (Lipinski definition) is 0. The van der Waals surface area contributed by atoms with Crippen LogP contribution < -0.4 is 4.74 Å². The predicted octanol–water partition coefficient (Wildman–Crippen LogP) is 12.8. The topological polar surface area (TPSA) is 9.23 Å². The summed E-state index contributed by atoms with van der Waals surface area (Å²) >= 11 is 0. The highest BCUT2D eigenvalue weighted by Gasteiger charge is 2.44. The van der Waals surface area contributed by atoms with E-state index in [0.29, 0.717) is 0 Å². The molecule has 0 aromatic heterocycles. The van der Waals surface area contributed by atoms with Gasteiger partial charge in [-0.3, -0.25) is 0 Å². The molecule has 0 fully saturated rings. The standard InChI is InChI=1S/C49H34O/c1-2-12-33(13-3-1)31-49(32-34-22-24-37(25-23-34)44-30-38-16-6-7-17-39(38)42-20-10-11-21-43(42)44)47-40-18-8-4-14-35(40)26-28-45(47)50-46-29-27-36-15-5-9-19-41(36)48(46)49/h1-30H,31-32H2. The van der Waals surface area contributed by atoms with E-state index >= 15 is 0 Å². The van der Waals surface area contributed by atoms with Crippen LogP contribution in [-0.2, 0) is 18.3 Å². The fourth-order valence-corrected chi connectivity index (χ4v) is 8.71. The molecule has 236 valence electrons. The molecule has 9 aromatic carbocycles. The number of rotatable bonds is 5. The van der Waals surface area contributed by atoms with Gasteiger partial charge in [0.1, 0.15) is 11.5 Å². The fourth-order valence-electron chi connectivity index (χ4n) is 8.71. The van der Waals surface area contributed by atoms with Gasteiger partial charge in [0.2, 0.25) is 0 Å². The van der Waals surface area contributed by atoms with Crippen LogP contribution in [0.15, 0.2) is 182 Å². The number of hydrogen-bond acceptors (Lipinski definition) is 1. The zero-order valence-corrected chi connectivity index (χ0v) is 27.6. The molecule has 0 saturated carbocycles. The van der Waals surface area contributed by atoms with Crippen molar-refractivity contribution in [1.82, 2.24) is 0 Å². The summed E-state index contributed by atoms with van der Waals surface area (Å²) in [7, 11) is 0. The molecule has 0 aliphatic carbocycles. The van der Waals surface area contributed by atoms with E-state index in [2.05, 4.69) is 182 Å². The van der Waals surface area contributed by atoms with Crippen LogP contribution in [0.4, 0.5) is 0 Å². The lowest BCUT2D eigenvalue weighted by molar-refractivity contribution is 0.391. The normalized spacial score (nSPS) is 13.3. The van der Waals surface area contributed by atoms with Crippen LogP contribution in [-0.4, -0.2) is 0 Å². The summed E-state index contributed by atoms with van der Waals surface area (Å²) < 4.78 is 6.88. The Labute approximate surface area is 292 Å². The van der Waals surface area contributed by atoms with Gasteiger partial charge in [0.05, 0.1) is 0 Å². The molecular formula is C49H34O. The summed E-state index contributed by atoms with van der Waals surface area (Å²) in [6.45, 7) is 0. The van der Waals surface area contributed by atoms with Crippen LogP contribution in [0.2, 0.25) is 0 Å². The zero-order valence-electron chi connectivity index (χ0n) is 27.6. The van der Waals surface area contributed by atoms with Crippen LogP contribution in [0.1, 0.15) is 22.3 Å². The molecule has 10 rings (SSSR count). The van der Waals surface area contributed by atoms with E-state index < -0.39 is 5.41 Å². The fraction of sp³-hybridized carbons (Fsp3) is 0.0612. The van der Waals surface area contributed by atoms with E-state index in [4.69, 9.17) is 4.74 Å². The minimum atomic E-state index is -0.400. The van der Waals surface area contributed by atoms with Crippen LogP contribution >= 0.6 is 0 Å². The zero-order chi connectivity index (χ0) is 33.1. The van der Waals surface area contributed by atoms with E-state index in [1.54, 1.807) is 0 Å². The van der Waals surface area contributed by atoms with Crippen molar-refractivity contribution in [1.29, 1.82) is 0 Å². The first-order chi connectivity index (χ1) is 24.7. The van der Waals surface area contributed by atoms with Crippen LogP contribution in [0, 0.1) is 0 Å². The van der Waals surface area contributed by atoms with Gasteiger partial charge in [-0.25, -0.2) is 0 Å². The Hall–Kier alpha value is -6.18. The highest BCUT2D eigenvalue weighted by molar-refractivity contribution is 6.13. The van der Waals surface area contributed by atoms with Crippen LogP contribution in [0.3, 0.4) is 0 Å². The van der Waals surface area contributed by atoms with Crippen LogP contribution in [0.5, 0.6) is 11.5 Å². The first-order valence-corrected chi connectivity index (χ1v) is 17.5. The highest BCUT2D eigenvalue weighted by Crippen LogP contribution is 2.56. The molecule has 1 nitrogen and oxygen atoms in total. The summed E-state index contributed by atoms with van der Waals surface area (Å²) in [5, 5.41) is 10.1. The first kappa shape index (κ1) is 28.8. The Kier molecular flexibility index (Phi) is 6.60. The maximum atomic E-state index is 6.88. The lowest BCUT2D eigenvalue weighted by atomic mass is 9.63. The van der Waals surface area contributed by atoms with Crippen molar-refractivity contribution in [3.63, 3.8) is 0 Å². The van der Waals surface area contributed by atoms with E-state index in [0.717, 1.165) is 24.3 Å². The van der Waals surface area contributed by atoms with Crippen molar-refractivity contribution in [2.24, 2.45) is 0 Å². The summed E-state index contributed by atoms with van der Waals surface area (Å²) in [5.41, 5.74) is 7.25. The van der Waals surface area contributed by atoms with Crippen molar-refractivity contribution in [2.45, 2.75) is 18.3 Å². The Morgan fingerprint density at radius 3 is 1.46 bits per heavy atom. The molecular weight excluding hydrogens is 605 g/mol. The number of fused-ring (bicyclic) bond motifs is 9.